The number of phenols is 2. The molecule has 1 aromatic rings. The number of phenolic OH excluding ortho intramolecular Hbond substituents is 2. The van der Waals surface area contributed by atoms with Gasteiger partial charge < -0.3 is 15.5 Å². The van der Waals surface area contributed by atoms with E-state index in [1.54, 1.807) is 6.07 Å². The summed E-state index contributed by atoms with van der Waals surface area (Å²) in [6.07, 6.45) is 2.06. The zero-order valence-electron chi connectivity index (χ0n) is 10.9. The van der Waals surface area contributed by atoms with Crippen molar-refractivity contribution in [2.45, 2.75) is 25.8 Å². The number of nitrogens with zero attached hydrogens (tertiary/aromatic N) is 1. The van der Waals surface area contributed by atoms with Crippen LogP contribution >= 0.6 is 0 Å². The predicted molar refractivity (Wildman–Crippen MR) is 71.9 cm³/mol. The third kappa shape index (κ3) is 2.76. The largest absolute Gasteiger partial charge is 0.504 e. The van der Waals surface area contributed by atoms with E-state index in [1.807, 2.05) is 6.07 Å². The monoisotopic (exact) mass is 250 g/mol. The molecular weight excluding hydrogens is 228 g/mol. The Balaban J connectivity index is 2.25. The number of piperazine rings is 1. The van der Waals surface area contributed by atoms with Crippen molar-refractivity contribution in [1.82, 2.24) is 10.2 Å². The Morgan fingerprint density at radius 3 is 2.67 bits per heavy atom. The molecule has 0 aliphatic carbocycles. The Morgan fingerprint density at radius 1 is 1.28 bits per heavy atom. The van der Waals surface area contributed by atoms with E-state index in [4.69, 9.17) is 0 Å². The number of benzene rings is 1. The zero-order chi connectivity index (χ0) is 13.0. The van der Waals surface area contributed by atoms with Crippen LogP contribution in [0.5, 0.6) is 11.5 Å². The Hall–Kier alpha value is -1.26. The minimum atomic E-state index is -0.0243. The minimum absolute atomic E-state index is 0.0243. The van der Waals surface area contributed by atoms with E-state index in [0.717, 1.165) is 44.6 Å². The fraction of sp³-hybridized carbons (Fsp3) is 0.571. The van der Waals surface area contributed by atoms with Crippen molar-refractivity contribution >= 4 is 0 Å². The lowest BCUT2D eigenvalue weighted by Crippen LogP contribution is -2.45. The molecule has 1 heterocycles. The van der Waals surface area contributed by atoms with Crippen molar-refractivity contribution in [3.8, 4) is 11.5 Å². The van der Waals surface area contributed by atoms with Gasteiger partial charge in [-0.1, -0.05) is 25.5 Å². The van der Waals surface area contributed by atoms with Gasteiger partial charge in [0.2, 0.25) is 0 Å². The van der Waals surface area contributed by atoms with Gasteiger partial charge in [-0.25, -0.2) is 0 Å². The summed E-state index contributed by atoms with van der Waals surface area (Å²) in [4.78, 5) is 2.38. The molecule has 0 amide bonds. The molecule has 3 N–H and O–H groups in total. The molecule has 18 heavy (non-hydrogen) atoms. The summed E-state index contributed by atoms with van der Waals surface area (Å²) in [5, 5.41) is 23.0. The van der Waals surface area contributed by atoms with Gasteiger partial charge >= 0.3 is 0 Å². The topological polar surface area (TPSA) is 55.7 Å². The van der Waals surface area contributed by atoms with Gasteiger partial charge in [0.05, 0.1) is 0 Å². The third-order valence-corrected chi connectivity index (χ3v) is 3.56. The predicted octanol–water partition coefficient (Wildman–Crippen LogP) is 1.84. The van der Waals surface area contributed by atoms with Gasteiger partial charge in [0.25, 0.3) is 0 Å². The molecule has 1 aliphatic heterocycles. The molecule has 1 fully saturated rings. The first kappa shape index (κ1) is 13.2. The smallest absolute Gasteiger partial charge is 0.162 e. The van der Waals surface area contributed by atoms with Crippen molar-refractivity contribution in [2.24, 2.45) is 0 Å². The lowest BCUT2D eigenvalue weighted by molar-refractivity contribution is 0.161. The normalized spacial score (nSPS) is 18.7. The fourth-order valence-electron chi connectivity index (χ4n) is 2.62. The summed E-state index contributed by atoms with van der Waals surface area (Å²) in [6.45, 7) is 6.09. The average Bonchev–Trinajstić information content (AvgIpc) is 2.41. The standard InChI is InChI=1S/C14H22N2O2/c1-2-4-12(16-9-7-15-8-10-16)11-5-3-6-13(17)14(11)18/h3,5-6,12,15,17-18H,2,4,7-10H2,1H3/t12-/m1/s1. The highest BCUT2D eigenvalue weighted by Crippen LogP contribution is 2.37. The third-order valence-electron chi connectivity index (χ3n) is 3.56. The van der Waals surface area contributed by atoms with E-state index < -0.39 is 0 Å². The Morgan fingerprint density at radius 2 is 2.00 bits per heavy atom. The molecule has 0 saturated carbocycles. The number of rotatable bonds is 4. The highest BCUT2D eigenvalue weighted by molar-refractivity contribution is 5.45. The molecule has 1 atom stereocenters. The minimum Gasteiger partial charge on any atom is -0.504 e. The van der Waals surface area contributed by atoms with E-state index in [0.29, 0.717) is 0 Å². The summed E-state index contributed by atoms with van der Waals surface area (Å²) >= 11 is 0. The molecule has 4 nitrogen and oxygen atoms in total. The highest BCUT2D eigenvalue weighted by Gasteiger charge is 2.24. The highest BCUT2D eigenvalue weighted by atomic mass is 16.3. The van der Waals surface area contributed by atoms with Gasteiger partial charge in [-0.15, -0.1) is 0 Å². The van der Waals surface area contributed by atoms with Crippen molar-refractivity contribution in [1.29, 1.82) is 0 Å². The zero-order valence-corrected chi connectivity index (χ0v) is 10.9. The van der Waals surface area contributed by atoms with Crippen LogP contribution in [0.3, 0.4) is 0 Å². The van der Waals surface area contributed by atoms with Crippen LogP contribution in [0.1, 0.15) is 31.4 Å². The second-order valence-electron chi connectivity index (χ2n) is 4.81. The number of nitrogens with one attached hydrogen (secondary N) is 1. The van der Waals surface area contributed by atoms with Crippen molar-refractivity contribution in [3.63, 3.8) is 0 Å². The van der Waals surface area contributed by atoms with E-state index in [2.05, 4.69) is 17.1 Å². The number of para-hydroxylation sites is 1. The molecule has 1 aromatic carbocycles. The molecule has 0 unspecified atom stereocenters. The lowest BCUT2D eigenvalue weighted by Gasteiger charge is -2.35. The summed E-state index contributed by atoms with van der Waals surface area (Å²) in [5.41, 5.74) is 0.846. The number of aromatic hydroxyl groups is 2. The Kier molecular flexibility index (Phi) is 4.44. The quantitative estimate of drug-likeness (QED) is 0.714. The van der Waals surface area contributed by atoms with Gasteiger partial charge in [0.1, 0.15) is 0 Å². The van der Waals surface area contributed by atoms with Crippen LogP contribution in [0.15, 0.2) is 18.2 Å². The van der Waals surface area contributed by atoms with Gasteiger partial charge in [0, 0.05) is 37.8 Å². The lowest BCUT2D eigenvalue weighted by atomic mass is 9.98. The summed E-state index contributed by atoms with van der Waals surface area (Å²) < 4.78 is 0. The Bertz CT molecular complexity index is 389. The van der Waals surface area contributed by atoms with E-state index in [-0.39, 0.29) is 17.5 Å². The van der Waals surface area contributed by atoms with E-state index in [9.17, 15) is 10.2 Å². The van der Waals surface area contributed by atoms with Gasteiger partial charge in [-0.3, -0.25) is 4.90 Å². The number of hydrogen-bond acceptors (Lipinski definition) is 4. The van der Waals surface area contributed by atoms with Crippen LogP contribution in [0.4, 0.5) is 0 Å². The van der Waals surface area contributed by atoms with Crippen LogP contribution < -0.4 is 5.32 Å². The van der Waals surface area contributed by atoms with Crippen molar-refractivity contribution in [3.05, 3.63) is 23.8 Å². The van der Waals surface area contributed by atoms with Gasteiger partial charge in [-0.05, 0) is 12.5 Å². The fourth-order valence-corrected chi connectivity index (χ4v) is 2.62. The molecule has 0 bridgehead atoms. The molecule has 100 valence electrons. The van der Waals surface area contributed by atoms with Gasteiger partial charge in [-0.2, -0.15) is 0 Å². The second kappa shape index (κ2) is 6.07. The molecule has 2 rings (SSSR count). The molecule has 0 spiro atoms. The molecular formula is C14H22N2O2. The SMILES string of the molecule is CCC[C@H](c1cccc(O)c1O)N1CCNCC1. The van der Waals surface area contributed by atoms with Gasteiger partial charge in [0.15, 0.2) is 11.5 Å². The van der Waals surface area contributed by atoms with Crippen LogP contribution in [-0.4, -0.2) is 41.3 Å². The second-order valence-corrected chi connectivity index (χ2v) is 4.81. The van der Waals surface area contributed by atoms with E-state index in [1.165, 1.54) is 6.07 Å². The van der Waals surface area contributed by atoms with Crippen LogP contribution in [0.25, 0.3) is 0 Å². The molecule has 4 heteroatoms. The maximum absolute atomic E-state index is 10.0. The molecule has 0 radical (unpaired) electrons. The summed E-state index contributed by atoms with van der Waals surface area (Å²) in [5.74, 6) is 0.0122. The Labute approximate surface area is 108 Å². The molecule has 1 saturated heterocycles. The molecule has 1 aliphatic rings. The first-order valence-electron chi connectivity index (χ1n) is 6.69. The van der Waals surface area contributed by atoms with Crippen LogP contribution in [0.2, 0.25) is 0 Å². The first-order valence-corrected chi connectivity index (χ1v) is 6.69. The van der Waals surface area contributed by atoms with Crippen molar-refractivity contribution < 1.29 is 10.2 Å². The average molecular weight is 250 g/mol. The first-order chi connectivity index (χ1) is 8.74. The molecule has 0 aromatic heterocycles. The maximum atomic E-state index is 10.0. The summed E-state index contributed by atoms with van der Waals surface area (Å²) in [6, 6.07) is 5.44. The van der Waals surface area contributed by atoms with Crippen LogP contribution in [0, 0.1) is 0 Å². The number of hydrogen-bond donors (Lipinski definition) is 3. The van der Waals surface area contributed by atoms with E-state index >= 15 is 0 Å². The maximum Gasteiger partial charge on any atom is 0.162 e. The van der Waals surface area contributed by atoms with Crippen molar-refractivity contribution in [2.75, 3.05) is 26.2 Å². The van der Waals surface area contributed by atoms with Crippen LogP contribution in [-0.2, 0) is 0 Å². The summed E-state index contributed by atoms with van der Waals surface area (Å²) in [7, 11) is 0.